The maximum atomic E-state index is 14.8. The Bertz CT molecular complexity index is 802. The summed E-state index contributed by atoms with van der Waals surface area (Å²) in [6, 6.07) is 1.42. The van der Waals surface area contributed by atoms with Crippen LogP contribution in [0.1, 0.15) is 58.3 Å². The van der Waals surface area contributed by atoms with Crippen LogP contribution >= 0.6 is 0 Å². The summed E-state index contributed by atoms with van der Waals surface area (Å²) in [6.07, 6.45) is 4.52. The highest BCUT2D eigenvalue weighted by Gasteiger charge is 2.52. The third kappa shape index (κ3) is 4.37. The number of nitrogens with zero attached hydrogens (tertiary/aromatic N) is 3. The summed E-state index contributed by atoms with van der Waals surface area (Å²) < 4.78 is 34.8. The van der Waals surface area contributed by atoms with Gasteiger partial charge in [-0.3, -0.25) is 4.84 Å². The van der Waals surface area contributed by atoms with Crippen LogP contribution in [0.25, 0.3) is 5.52 Å². The standard InChI is InChI=1S/C20H31FN4O4/c1-5-7-9-27-16-12-28-18(20(16,3)29-10-8-6-2)15-11-14(21)17-19(24-26-4)22-13-23-25(15)17/h11,13,16,18H,5-10,12H2,1-4H3,(H,22,23,24)/t16-,18+,20-/m1/s1. The average Bonchev–Trinajstić information content (AvgIpc) is 3.20. The van der Waals surface area contributed by atoms with Gasteiger partial charge in [0.15, 0.2) is 11.6 Å². The molecular weight excluding hydrogens is 379 g/mol. The second-order valence-electron chi connectivity index (χ2n) is 7.40. The van der Waals surface area contributed by atoms with Gasteiger partial charge >= 0.3 is 0 Å². The quantitative estimate of drug-likeness (QED) is 0.447. The SMILES string of the molecule is CCCCO[C@@H]1CO[C@@H](c2cc(F)c3c(NOC)ncnn23)[C@]1(C)OCCCC. The van der Waals surface area contributed by atoms with Crippen LogP contribution in [0, 0.1) is 5.82 Å². The molecule has 1 N–H and O–H groups in total. The smallest absolute Gasteiger partial charge is 0.180 e. The van der Waals surface area contributed by atoms with E-state index in [9.17, 15) is 4.39 Å². The van der Waals surface area contributed by atoms with Gasteiger partial charge in [0.2, 0.25) is 0 Å². The van der Waals surface area contributed by atoms with Gasteiger partial charge in [0.25, 0.3) is 0 Å². The zero-order chi connectivity index (χ0) is 20.9. The van der Waals surface area contributed by atoms with Crippen LogP contribution in [-0.4, -0.2) is 53.2 Å². The fourth-order valence-electron chi connectivity index (χ4n) is 3.63. The molecule has 3 heterocycles. The number of hydrogen-bond donors (Lipinski definition) is 1. The number of unbranched alkanes of at least 4 members (excludes halogenated alkanes) is 2. The predicted molar refractivity (Wildman–Crippen MR) is 106 cm³/mol. The van der Waals surface area contributed by atoms with Crippen molar-refractivity contribution in [3.05, 3.63) is 23.9 Å². The van der Waals surface area contributed by atoms with Gasteiger partial charge in [-0.25, -0.2) is 19.4 Å². The summed E-state index contributed by atoms with van der Waals surface area (Å²) in [5.41, 5.74) is 2.58. The van der Waals surface area contributed by atoms with Crippen LogP contribution < -0.4 is 5.48 Å². The second-order valence-corrected chi connectivity index (χ2v) is 7.40. The van der Waals surface area contributed by atoms with Crippen molar-refractivity contribution in [2.45, 2.75) is 64.3 Å². The van der Waals surface area contributed by atoms with Crippen molar-refractivity contribution < 1.29 is 23.4 Å². The molecule has 0 spiro atoms. The maximum absolute atomic E-state index is 14.8. The highest BCUT2D eigenvalue weighted by atomic mass is 19.1. The minimum atomic E-state index is -0.760. The molecule has 0 amide bonds. The van der Waals surface area contributed by atoms with Gasteiger partial charge in [-0.1, -0.05) is 26.7 Å². The Morgan fingerprint density at radius 1 is 1.31 bits per heavy atom. The van der Waals surface area contributed by atoms with Crippen molar-refractivity contribution >= 4 is 11.3 Å². The first-order valence-corrected chi connectivity index (χ1v) is 10.2. The lowest BCUT2D eigenvalue weighted by atomic mass is 9.92. The molecule has 0 radical (unpaired) electrons. The number of ether oxygens (including phenoxy) is 3. The summed E-state index contributed by atoms with van der Waals surface area (Å²) in [4.78, 5) is 8.96. The number of rotatable bonds is 11. The molecular formula is C20H31FN4O4. The van der Waals surface area contributed by atoms with E-state index in [1.165, 1.54) is 24.0 Å². The Balaban J connectivity index is 1.96. The van der Waals surface area contributed by atoms with Gasteiger partial charge in [0, 0.05) is 19.3 Å². The lowest BCUT2D eigenvalue weighted by molar-refractivity contribution is -0.135. The summed E-state index contributed by atoms with van der Waals surface area (Å²) in [7, 11) is 1.44. The highest BCUT2D eigenvalue weighted by molar-refractivity contribution is 5.68. The Labute approximate surface area is 170 Å². The molecule has 1 aliphatic rings. The van der Waals surface area contributed by atoms with E-state index >= 15 is 0 Å². The molecule has 0 bridgehead atoms. The van der Waals surface area contributed by atoms with E-state index in [4.69, 9.17) is 19.0 Å². The van der Waals surface area contributed by atoms with E-state index in [1.807, 2.05) is 6.92 Å². The third-order valence-corrected chi connectivity index (χ3v) is 5.30. The lowest BCUT2D eigenvalue weighted by Gasteiger charge is -2.34. The minimum absolute atomic E-state index is 0.194. The minimum Gasteiger partial charge on any atom is -0.373 e. The van der Waals surface area contributed by atoms with Crippen LogP contribution in [0.2, 0.25) is 0 Å². The first kappa shape index (κ1) is 21.9. The van der Waals surface area contributed by atoms with Crippen molar-refractivity contribution in [1.29, 1.82) is 0 Å². The van der Waals surface area contributed by atoms with Gasteiger partial charge < -0.3 is 14.2 Å². The van der Waals surface area contributed by atoms with Crippen molar-refractivity contribution in [1.82, 2.24) is 14.6 Å². The third-order valence-electron chi connectivity index (χ3n) is 5.30. The normalized spacial score (nSPS) is 24.4. The average molecular weight is 410 g/mol. The zero-order valence-corrected chi connectivity index (χ0v) is 17.6. The zero-order valence-electron chi connectivity index (χ0n) is 17.6. The van der Waals surface area contributed by atoms with Gasteiger partial charge in [-0.15, -0.1) is 0 Å². The molecule has 2 aromatic heterocycles. The van der Waals surface area contributed by atoms with Crippen LogP contribution in [0.15, 0.2) is 12.4 Å². The molecule has 8 nitrogen and oxygen atoms in total. The van der Waals surface area contributed by atoms with Gasteiger partial charge in [-0.2, -0.15) is 5.10 Å². The van der Waals surface area contributed by atoms with E-state index in [0.717, 1.165) is 25.7 Å². The molecule has 162 valence electrons. The molecule has 0 aromatic carbocycles. The summed E-state index contributed by atoms with van der Waals surface area (Å²) >= 11 is 0. The Hall–Kier alpha value is -1.81. The number of halogens is 1. The Kier molecular flexibility index (Phi) is 7.39. The van der Waals surface area contributed by atoms with Gasteiger partial charge in [-0.05, 0) is 19.8 Å². The molecule has 1 saturated heterocycles. The fourth-order valence-corrected chi connectivity index (χ4v) is 3.63. The summed E-state index contributed by atoms with van der Waals surface area (Å²) in [6.45, 7) is 7.80. The summed E-state index contributed by atoms with van der Waals surface area (Å²) in [5.74, 6) is -0.219. The first-order valence-electron chi connectivity index (χ1n) is 10.2. The van der Waals surface area contributed by atoms with E-state index in [-0.39, 0.29) is 17.4 Å². The predicted octanol–water partition coefficient (Wildman–Crippen LogP) is 3.67. The van der Waals surface area contributed by atoms with E-state index in [1.54, 1.807) is 0 Å². The second kappa shape index (κ2) is 9.80. The molecule has 3 rings (SSSR count). The van der Waals surface area contributed by atoms with Crippen LogP contribution in [0.5, 0.6) is 0 Å². The molecule has 2 aromatic rings. The van der Waals surface area contributed by atoms with Crippen molar-refractivity contribution in [2.75, 3.05) is 32.4 Å². The lowest BCUT2D eigenvalue weighted by Crippen LogP contribution is -2.45. The molecule has 9 heteroatoms. The monoisotopic (exact) mass is 410 g/mol. The van der Waals surface area contributed by atoms with Gasteiger partial charge in [0.05, 0.1) is 19.4 Å². The van der Waals surface area contributed by atoms with E-state index < -0.39 is 17.5 Å². The first-order chi connectivity index (χ1) is 14.1. The highest BCUT2D eigenvalue weighted by Crippen LogP contribution is 2.43. The number of aromatic nitrogens is 3. The Morgan fingerprint density at radius 2 is 2.07 bits per heavy atom. The summed E-state index contributed by atoms with van der Waals surface area (Å²) in [5, 5.41) is 4.25. The van der Waals surface area contributed by atoms with Crippen molar-refractivity contribution in [2.24, 2.45) is 0 Å². The number of fused-ring (bicyclic) bond motifs is 1. The number of hydrogen-bond acceptors (Lipinski definition) is 7. The maximum Gasteiger partial charge on any atom is 0.180 e. The van der Waals surface area contributed by atoms with Gasteiger partial charge in [0.1, 0.15) is 29.7 Å². The molecule has 0 saturated carbocycles. The molecule has 1 fully saturated rings. The van der Waals surface area contributed by atoms with Crippen LogP contribution in [-0.2, 0) is 19.0 Å². The van der Waals surface area contributed by atoms with Crippen LogP contribution in [0.4, 0.5) is 10.2 Å². The topological polar surface area (TPSA) is 79.1 Å². The van der Waals surface area contributed by atoms with E-state index in [2.05, 4.69) is 29.4 Å². The number of anilines is 1. The molecule has 3 atom stereocenters. The largest absolute Gasteiger partial charge is 0.373 e. The molecule has 0 unspecified atom stereocenters. The molecule has 29 heavy (non-hydrogen) atoms. The molecule has 1 aliphatic heterocycles. The van der Waals surface area contributed by atoms with E-state index in [0.29, 0.717) is 25.5 Å². The van der Waals surface area contributed by atoms with Crippen molar-refractivity contribution in [3.8, 4) is 0 Å². The number of nitrogens with one attached hydrogen (secondary N) is 1. The van der Waals surface area contributed by atoms with Crippen LogP contribution in [0.3, 0.4) is 0 Å². The van der Waals surface area contributed by atoms with Crippen molar-refractivity contribution in [3.63, 3.8) is 0 Å². The fraction of sp³-hybridized carbons (Fsp3) is 0.700. The molecule has 0 aliphatic carbocycles. The Morgan fingerprint density at radius 3 is 2.79 bits per heavy atom.